The van der Waals surface area contributed by atoms with Crippen LogP contribution in [0.25, 0.3) is 0 Å². The summed E-state index contributed by atoms with van der Waals surface area (Å²) in [6, 6.07) is 9.62. The summed E-state index contributed by atoms with van der Waals surface area (Å²) >= 11 is 3.45. The fourth-order valence-corrected chi connectivity index (χ4v) is 2.50. The van der Waals surface area contributed by atoms with Gasteiger partial charge >= 0.3 is 0 Å². The topological polar surface area (TPSA) is 53.7 Å². The maximum atomic E-state index is 6.05. The van der Waals surface area contributed by atoms with E-state index in [-0.39, 0.29) is 0 Å². The van der Waals surface area contributed by atoms with Crippen molar-refractivity contribution in [2.24, 2.45) is 0 Å². The lowest BCUT2D eigenvalue weighted by Crippen LogP contribution is -2.16. The van der Waals surface area contributed by atoms with Crippen LogP contribution >= 0.6 is 15.9 Å². The first-order valence-corrected chi connectivity index (χ1v) is 7.50. The van der Waals surface area contributed by atoms with E-state index < -0.39 is 0 Å². The van der Waals surface area contributed by atoms with Crippen molar-refractivity contribution in [3.05, 3.63) is 45.9 Å². The number of halogens is 1. The molecule has 1 heterocycles. The Hall–Kier alpha value is -1.88. The number of rotatable bonds is 3. The van der Waals surface area contributed by atoms with E-state index in [0.717, 1.165) is 27.1 Å². The summed E-state index contributed by atoms with van der Waals surface area (Å²) in [6.07, 6.45) is 0. The van der Waals surface area contributed by atoms with Crippen LogP contribution in [-0.4, -0.2) is 13.2 Å². The minimum absolute atomic E-state index is 0.389. The molecule has 2 N–H and O–H groups in total. The first-order chi connectivity index (χ1) is 10.1. The average Bonchev–Trinajstić information content (AvgIpc) is 2.48. The van der Waals surface area contributed by atoms with Crippen LogP contribution in [0.3, 0.4) is 0 Å². The van der Waals surface area contributed by atoms with Crippen LogP contribution in [0.1, 0.15) is 11.1 Å². The van der Waals surface area contributed by atoms with Gasteiger partial charge in [-0.15, -0.1) is 0 Å². The third-order valence-electron chi connectivity index (χ3n) is 3.34. The fourth-order valence-electron chi connectivity index (χ4n) is 2.16. The number of ether oxygens (including phenoxy) is 3. The Morgan fingerprint density at radius 3 is 2.62 bits per heavy atom. The number of nitrogens with two attached hydrogens (primary N) is 1. The van der Waals surface area contributed by atoms with Crippen LogP contribution in [-0.2, 0) is 6.61 Å². The van der Waals surface area contributed by atoms with Crippen molar-refractivity contribution in [1.29, 1.82) is 0 Å². The third-order valence-corrected chi connectivity index (χ3v) is 3.83. The van der Waals surface area contributed by atoms with Gasteiger partial charge in [-0.1, -0.05) is 22.0 Å². The summed E-state index contributed by atoms with van der Waals surface area (Å²) in [6.45, 7) is 3.51. The minimum Gasteiger partial charge on any atom is -0.489 e. The first-order valence-electron chi connectivity index (χ1n) is 6.70. The summed E-state index contributed by atoms with van der Waals surface area (Å²) in [5, 5.41) is 0. The van der Waals surface area contributed by atoms with Crippen LogP contribution in [0.2, 0.25) is 0 Å². The lowest BCUT2D eigenvalue weighted by Gasteiger charge is -2.20. The molecule has 3 rings (SSSR count). The van der Waals surface area contributed by atoms with Gasteiger partial charge in [0.05, 0.1) is 0 Å². The highest BCUT2D eigenvalue weighted by atomic mass is 79.9. The molecule has 0 spiro atoms. The second-order valence-corrected chi connectivity index (χ2v) is 5.81. The summed E-state index contributed by atoms with van der Waals surface area (Å²) in [5.74, 6) is 2.25. The molecule has 1 aliphatic heterocycles. The Labute approximate surface area is 131 Å². The number of hydrogen-bond acceptors (Lipinski definition) is 4. The normalized spacial score (nSPS) is 13.0. The Morgan fingerprint density at radius 1 is 1.14 bits per heavy atom. The van der Waals surface area contributed by atoms with Gasteiger partial charge in [0.15, 0.2) is 11.5 Å². The van der Waals surface area contributed by atoms with E-state index in [4.69, 9.17) is 19.9 Å². The standard InChI is InChI=1S/C16H16BrNO3/c1-10-2-3-12(17)7-14(10)21-9-11-6-15-16(8-13(11)18)20-5-4-19-15/h2-3,6-8H,4-5,9,18H2,1H3. The summed E-state index contributed by atoms with van der Waals surface area (Å²) in [5.41, 5.74) is 8.66. The first kappa shape index (κ1) is 14.1. The maximum Gasteiger partial charge on any atom is 0.163 e. The van der Waals surface area contributed by atoms with Crippen molar-refractivity contribution in [3.8, 4) is 17.2 Å². The molecule has 5 heteroatoms. The third kappa shape index (κ3) is 3.08. The molecule has 2 aromatic carbocycles. The molecular formula is C16H16BrNO3. The Morgan fingerprint density at radius 2 is 1.86 bits per heavy atom. The molecule has 0 amide bonds. The molecule has 0 unspecified atom stereocenters. The zero-order valence-corrected chi connectivity index (χ0v) is 13.3. The molecule has 0 aliphatic carbocycles. The molecule has 0 atom stereocenters. The van der Waals surface area contributed by atoms with Gasteiger partial charge in [-0.2, -0.15) is 0 Å². The van der Waals surface area contributed by atoms with Gasteiger partial charge in [-0.25, -0.2) is 0 Å². The van der Waals surface area contributed by atoms with Gasteiger partial charge in [-0.05, 0) is 30.7 Å². The zero-order valence-electron chi connectivity index (χ0n) is 11.7. The van der Waals surface area contributed by atoms with Crippen molar-refractivity contribution < 1.29 is 14.2 Å². The van der Waals surface area contributed by atoms with E-state index in [9.17, 15) is 0 Å². The van der Waals surface area contributed by atoms with Gasteiger partial charge in [-0.3, -0.25) is 0 Å². The highest BCUT2D eigenvalue weighted by Crippen LogP contribution is 2.35. The van der Waals surface area contributed by atoms with Gasteiger partial charge in [0, 0.05) is 21.8 Å². The van der Waals surface area contributed by atoms with E-state index in [1.165, 1.54) is 0 Å². The number of nitrogen functional groups attached to an aromatic ring is 1. The van der Waals surface area contributed by atoms with Crippen LogP contribution in [0.5, 0.6) is 17.2 Å². The number of aryl methyl sites for hydroxylation is 1. The number of fused-ring (bicyclic) bond motifs is 1. The fraction of sp³-hybridized carbons (Fsp3) is 0.250. The van der Waals surface area contributed by atoms with Gasteiger partial charge in [0.1, 0.15) is 25.6 Å². The van der Waals surface area contributed by atoms with E-state index >= 15 is 0 Å². The molecule has 21 heavy (non-hydrogen) atoms. The maximum absolute atomic E-state index is 6.05. The molecule has 0 aromatic heterocycles. The van der Waals surface area contributed by atoms with E-state index in [0.29, 0.717) is 31.3 Å². The van der Waals surface area contributed by atoms with Crippen LogP contribution in [0.15, 0.2) is 34.8 Å². The molecule has 0 bridgehead atoms. The van der Waals surface area contributed by atoms with Crippen LogP contribution in [0, 0.1) is 6.92 Å². The Bertz CT molecular complexity index is 673. The molecule has 110 valence electrons. The second kappa shape index (κ2) is 5.85. The smallest absolute Gasteiger partial charge is 0.163 e. The Kier molecular flexibility index (Phi) is 3.92. The number of hydrogen-bond donors (Lipinski definition) is 1. The quantitative estimate of drug-likeness (QED) is 0.858. The van der Waals surface area contributed by atoms with Gasteiger partial charge < -0.3 is 19.9 Å². The summed E-state index contributed by atoms with van der Waals surface area (Å²) in [7, 11) is 0. The number of anilines is 1. The van der Waals surface area contributed by atoms with Crippen LogP contribution in [0.4, 0.5) is 5.69 Å². The van der Waals surface area contributed by atoms with E-state index in [1.54, 1.807) is 6.07 Å². The van der Waals surface area contributed by atoms with Gasteiger partial charge in [0.2, 0.25) is 0 Å². The zero-order chi connectivity index (χ0) is 14.8. The van der Waals surface area contributed by atoms with E-state index in [2.05, 4.69) is 15.9 Å². The molecular weight excluding hydrogens is 334 g/mol. The predicted molar refractivity (Wildman–Crippen MR) is 85.1 cm³/mol. The second-order valence-electron chi connectivity index (χ2n) is 4.89. The summed E-state index contributed by atoms with van der Waals surface area (Å²) < 4.78 is 17.9. The van der Waals surface area contributed by atoms with Crippen molar-refractivity contribution in [2.75, 3.05) is 18.9 Å². The molecule has 0 radical (unpaired) electrons. The lowest BCUT2D eigenvalue weighted by molar-refractivity contribution is 0.171. The monoisotopic (exact) mass is 349 g/mol. The largest absolute Gasteiger partial charge is 0.489 e. The average molecular weight is 350 g/mol. The molecule has 0 saturated carbocycles. The van der Waals surface area contributed by atoms with E-state index in [1.807, 2.05) is 31.2 Å². The summed E-state index contributed by atoms with van der Waals surface area (Å²) in [4.78, 5) is 0. The van der Waals surface area contributed by atoms with Gasteiger partial charge in [0.25, 0.3) is 0 Å². The molecule has 1 aliphatic rings. The van der Waals surface area contributed by atoms with Crippen molar-refractivity contribution >= 4 is 21.6 Å². The molecule has 4 nitrogen and oxygen atoms in total. The predicted octanol–water partition coefficient (Wildman–Crippen LogP) is 3.69. The van der Waals surface area contributed by atoms with Crippen molar-refractivity contribution in [2.45, 2.75) is 13.5 Å². The van der Waals surface area contributed by atoms with Crippen molar-refractivity contribution in [1.82, 2.24) is 0 Å². The molecule has 0 saturated heterocycles. The Balaban J connectivity index is 1.80. The minimum atomic E-state index is 0.389. The molecule has 0 fully saturated rings. The van der Waals surface area contributed by atoms with Crippen LogP contribution < -0.4 is 19.9 Å². The molecule has 2 aromatic rings. The lowest BCUT2D eigenvalue weighted by atomic mass is 10.1. The SMILES string of the molecule is Cc1ccc(Br)cc1OCc1cc2c(cc1N)OCCO2. The highest BCUT2D eigenvalue weighted by Gasteiger charge is 2.15. The highest BCUT2D eigenvalue weighted by molar-refractivity contribution is 9.10. The van der Waals surface area contributed by atoms with Crippen molar-refractivity contribution in [3.63, 3.8) is 0 Å². The number of benzene rings is 2.